The van der Waals surface area contributed by atoms with Gasteiger partial charge in [0.15, 0.2) is 5.65 Å². The number of carboxylic acid groups (broad SMARTS) is 2. The first-order valence-corrected chi connectivity index (χ1v) is 15.3. The van der Waals surface area contributed by atoms with Gasteiger partial charge in [-0.25, -0.2) is 27.7 Å². The van der Waals surface area contributed by atoms with Gasteiger partial charge >= 0.3 is 24.3 Å². The van der Waals surface area contributed by atoms with Crippen LogP contribution >= 0.6 is 0 Å². The molecular weight excluding hydrogens is 678 g/mol. The van der Waals surface area contributed by atoms with E-state index >= 15 is 0 Å². The maximum absolute atomic E-state index is 13.2. The van der Waals surface area contributed by atoms with E-state index in [1.807, 2.05) is 42.8 Å². The van der Waals surface area contributed by atoms with E-state index in [2.05, 4.69) is 14.8 Å². The zero-order valence-electron chi connectivity index (χ0n) is 25.1. The van der Waals surface area contributed by atoms with E-state index in [1.165, 1.54) is 0 Å². The second-order valence-electron chi connectivity index (χ2n) is 10.6. The number of nitrogens with two attached hydrogens (primary N) is 1. The molecule has 0 radical (unpaired) electrons. The third kappa shape index (κ3) is 9.44. The van der Waals surface area contributed by atoms with Gasteiger partial charge in [-0.3, -0.25) is 9.08 Å². The number of aromatic nitrogens is 4. The maximum Gasteiger partial charge on any atom is 0.490 e. The Labute approximate surface area is 268 Å². The minimum atomic E-state index is -5.08. The molecule has 3 heterocycles. The fraction of sp³-hybridized carbons (Fsp3) is 0.357. The lowest BCUT2D eigenvalue weighted by atomic mass is 9.94. The predicted octanol–water partition coefficient (Wildman–Crippen LogP) is 4.14. The highest BCUT2D eigenvalue weighted by molar-refractivity contribution is 7.89. The summed E-state index contributed by atoms with van der Waals surface area (Å²) < 4.78 is 96.3. The number of nitrogen functional groups attached to an aromatic ring is 1. The van der Waals surface area contributed by atoms with Gasteiger partial charge in [-0.2, -0.15) is 31.4 Å². The van der Waals surface area contributed by atoms with E-state index in [0.717, 1.165) is 28.1 Å². The fourth-order valence-corrected chi connectivity index (χ4v) is 5.97. The summed E-state index contributed by atoms with van der Waals surface area (Å²) in [5.41, 5.74) is 11.7. The van der Waals surface area contributed by atoms with Crippen molar-refractivity contribution in [1.29, 1.82) is 0 Å². The van der Waals surface area contributed by atoms with Crippen molar-refractivity contribution < 1.29 is 59.7 Å². The number of rotatable bonds is 5. The number of hydrogen-bond donors (Lipinski definition) is 5. The van der Waals surface area contributed by atoms with E-state index in [-0.39, 0.29) is 17.0 Å². The lowest BCUT2D eigenvalue weighted by Gasteiger charge is -2.26. The Balaban J connectivity index is 0.000000376. The van der Waals surface area contributed by atoms with Crippen LogP contribution in [0.5, 0.6) is 0 Å². The van der Waals surface area contributed by atoms with Crippen LogP contribution in [-0.2, 0) is 26.7 Å². The van der Waals surface area contributed by atoms with Gasteiger partial charge in [0.2, 0.25) is 10.0 Å². The van der Waals surface area contributed by atoms with Crippen LogP contribution in [0.4, 0.5) is 32.0 Å². The molecule has 1 fully saturated rings. The first-order valence-electron chi connectivity index (χ1n) is 13.8. The largest absolute Gasteiger partial charge is 0.490 e. The number of fused-ring (bicyclic) bond motifs is 1. The molecule has 0 spiro atoms. The molecule has 13 nitrogen and oxygen atoms in total. The van der Waals surface area contributed by atoms with Crippen molar-refractivity contribution >= 4 is 33.3 Å². The Morgan fingerprint density at radius 3 is 2.02 bits per heavy atom. The van der Waals surface area contributed by atoms with Crippen molar-refractivity contribution in [2.45, 2.75) is 62.0 Å². The van der Waals surface area contributed by atoms with E-state index in [0.29, 0.717) is 37.0 Å². The number of aliphatic carboxylic acids is 2. The van der Waals surface area contributed by atoms with Crippen molar-refractivity contribution in [2.24, 2.45) is 7.05 Å². The molecule has 0 saturated heterocycles. The van der Waals surface area contributed by atoms with Crippen molar-refractivity contribution in [1.82, 2.24) is 23.9 Å². The molecule has 1 aliphatic rings. The number of alkyl halides is 6. The number of carbonyl (C=O) groups is 2. The summed E-state index contributed by atoms with van der Waals surface area (Å²) in [6.45, 7) is 1.94. The number of benzene rings is 1. The number of aliphatic hydroxyl groups excluding tert-OH is 1. The maximum atomic E-state index is 13.2. The van der Waals surface area contributed by atoms with Crippen LogP contribution in [-0.4, -0.2) is 79.3 Å². The molecule has 4 aromatic rings. The first-order chi connectivity index (χ1) is 22.1. The summed E-state index contributed by atoms with van der Waals surface area (Å²) >= 11 is 0. The fourth-order valence-electron chi connectivity index (χ4n) is 4.64. The molecule has 0 atom stereocenters. The standard InChI is InChI=1S/C24H28N6O3S.2C2HF3O2/c1-15-3-8-19(34(32,33)28-17-4-6-18(31)7-5-17)12-20(15)23-13-26-24-21(25)11-16(14-30(23)24)22-9-10-27-29(22)2;2*3-2(4,5)1(6)7/h3,8-14,17-18,28,31H,4-7,25H2,1-2H3;2*(H,6,7). The molecule has 1 saturated carbocycles. The monoisotopic (exact) mass is 708 g/mol. The molecule has 6 N–H and O–H groups in total. The van der Waals surface area contributed by atoms with Gasteiger partial charge in [0, 0.05) is 36.6 Å². The normalized spacial score (nSPS) is 16.8. The smallest absolute Gasteiger partial charge is 0.475 e. The number of imidazole rings is 1. The molecule has 0 amide bonds. The average molecular weight is 709 g/mol. The third-order valence-corrected chi connectivity index (χ3v) is 8.57. The lowest BCUT2D eigenvalue weighted by molar-refractivity contribution is -0.193. The second kappa shape index (κ2) is 14.6. The van der Waals surface area contributed by atoms with Crippen LogP contribution < -0.4 is 10.5 Å². The molecule has 0 bridgehead atoms. The molecular formula is C28H30F6N6O7S. The van der Waals surface area contributed by atoms with Crippen molar-refractivity contribution in [3.05, 3.63) is 54.5 Å². The van der Waals surface area contributed by atoms with E-state index in [1.54, 1.807) is 29.2 Å². The third-order valence-electron chi connectivity index (χ3n) is 7.05. The Kier molecular flexibility index (Phi) is 11.5. The average Bonchev–Trinajstić information content (AvgIpc) is 3.60. The van der Waals surface area contributed by atoms with E-state index in [4.69, 9.17) is 25.5 Å². The number of sulfonamides is 1. The van der Waals surface area contributed by atoms with E-state index < -0.39 is 34.3 Å². The van der Waals surface area contributed by atoms with Crippen molar-refractivity contribution in [2.75, 3.05) is 5.73 Å². The van der Waals surface area contributed by atoms with Crippen LogP contribution in [0.2, 0.25) is 0 Å². The highest BCUT2D eigenvalue weighted by Crippen LogP contribution is 2.32. The summed E-state index contributed by atoms with van der Waals surface area (Å²) in [7, 11) is -1.85. The summed E-state index contributed by atoms with van der Waals surface area (Å²) in [6.07, 6.45) is -2.66. The Morgan fingerprint density at radius 1 is 0.958 bits per heavy atom. The lowest BCUT2D eigenvalue weighted by Crippen LogP contribution is -2.38. The molecule has 0 aliphatic heterocycles. The number of carboxylic acids is 2. The van der Waals surface area contributed by atoms with E-state index in [9.17, 15) is 39.9 Å². The number of anilines is 1. The Bertz CT molecular complexity index is 1860. The van der Waals surface area contributed by atoms with Crippen LogP contribution in [0.25, 0.3) is 28.2 Å². The van der Waals surface area contributed by atoms with Gasteiger partial charge in [-0.05, 0) is 62.4 Å². The number of hydrogen-bond acceptors (Lipinski definition) is 8. The number of nitrogens with one attached hydrogen (secondary N) is 1. The van der Waals surface area contributed by atoms with Crippen molar-refractivity contribution in [3.63, 3.8) is 0 Å². The quantitative estimate of drug-likeness (QED) is 0.188. The SMILES string of the molecule is Cc1ccc(S(=O)(=O)NC2CCC(O)CC2)cc1-c1cnc2c(N)cc(-c3ccnn3C)cn12.O=C(O)C(F)(F)F.O=C(O)C(F)(F)F. The number of halogens is 6. The molecule has 20 heteroatoms. The van der Waals surface area contributed by atoms with Gasteiger partial charge < -0.3 is 21.1 Å². The van der Waals surface area contributed by atoms with Gasteiger partial charge in [0.1, 0.15) is 0 Å². The Hall–Kier alpha value is -4.69. The summed E-state index contributed by atoms with van der Waals surface area (Å²) in [6, 6.07) is 8.72. The van der Waals surface area contributed by atoms with Crippen molar-refractivity contribution in [3.8, 4) is 22.5 Å². The topological polar surface area (TPSA) is 202 Å². The molecule has 1 aromatic carbocycles. The summed E-state index contributed by atoms with van der Waals surface area (Å²) in [5, 5.41) is 28.2. The molecule has 0 unspecified atom stereocenters. The summed E-state index contributed by atoms with van der Waals surface area (Å²) in [4.78, 5) is 22.5. The zero-order chi connectivity index (χ0) is 36.2. The van der Waals surface area contributed by atoms with Crippen LogP contribution in [0.15, 0.2) is 53.8 Å². The molecule has 5 rings (SSSR count). The molecule has 3 aromatic heterocycles. The van der Waals surface area contributed by atoms with Crippen LogP contribution in [0.1, 0.15) is 31.2 Å². The second-order valence-corrected chi connectivity index (χ2v) is 12.3. The minimum Gasteiger partial charge on any atom is -0.475 e. The zero-order valence-corrected chi connectivity index (χ0v) is 25.9. The van der Waals surface area contributed by atoms with Gasteiger partial charge in [0.05, 0.1) is 34.3 Å². The molecule has 262 valence electrons. The first kappa shape index (κ1) is 37.8. The van der Waals surface area contributed by atoms with Gasteiger partial charge in [-0.1, -0.05) is 6.07 Å². The summed E-state index contributed by atoms with van der Waals surface area (Å²) in [5.74, 6) is -5.51. The highest BCUT2D eigenvalue weighted by atomic mass is 32.2. The number of pyridine rings is 1. The van der Waals surface area contributed by atoms with Gasteiger partial charge in [-0.15, -0.1) is 0 Å². The minimum absolute atomic E-state index is 0.171. The number of nitrogens with zero attached hydrogens (tertiary/aromatic N) is 4. The predicted molar refractivity (Wildman–Crippen MR) is 158 cm³/mol. The number of aliphatic hydroxyl groups is 1. The highest BCUT2D eigenvalue weighted by Gasteiger charge is 2.39. The van der Waals surface area contributed by atoms with Crippen LogP contribution in [0, 0.1) is 6.92 Å². The molecule has 1 aliphatic carbocycles. The van der Waals surface area contributed by atoms with Crippen LogP contribution in [0.3, 0.4) is 0 Å². The van der Waals surface area contributed by atoms with Gasteiger partial charge in [0.25, 0.3) is 0 Å². The molecule has 48 heavy (non-hydrogen) atoms. The Morgan fingerprint density at radius 2 is 1.52 bits per heavy atom. The number of aryl methyl sites for hydroxylation is 2.